The van der Waals surface area contributed by atoms with Crippen LogP contribution in [0.4, 0.5) is 0 Å². The van der Waals surface area contributed by atoms with Gasteiger partial charge in [-0.05, 0) is 50.3 Å². The summed E-state index contributed by atoms with van der Waals surface area (Å²) in [4.78, 5) is 20.4. The summed E-state index contributed by atoms with van der Waals surface area (Å²) >= 11 is 0. The van der Waals surface area contributed by atoms with Crippen LogP contribution in [0.1, 0.15) is 50.1 Å². The number of likely N-dealkylation sites (tertiary alicyclic amines) is 2. The molecule has 7 heteroatoms. The lowest BCUT2D eigenvalue weighted by molar-refractivity contribution is -0.138. The lowest BCUT2D eigenvalue weighted by atomic mass is 9.94. The lowest BCUT2D eigenvalue weighted by Gasteiger charge is -2.40. The van der Waals surface area contributed by atoms with Crippen LogP contribution in [0.2, 0.25) is 0 Å². The van der Waals surface area contributed by atoms with E-state index in [-0.39, 0.29) is 23.5 Å². The predicted molar refractivity (Wildman–Crippen MR) is 124 cm³/mol. The highest BCUT2D eigenvalue weighted by molar-refractivity contribution is 7.91. The topological polar surface area (TPSA) is 60.9 Å². The van der Waals surface area contributed by atoms with Gasteiger partial charge < -0.3 is 9.80 Å². The van der Waals surface area contributed by atoms with Crippen molar-refractivity contribution in [3.05, 3.63) is 35.9 Å². The van der Waals surface area contributed by atoms with E-state index in [1.54, 1.807) is 0 Å². The Labute approximate surface area is 187 Å². The molecule has 0 aliphatic carbocycles. The second-order valence-corrected chi connectivity index (χ2v) is 11.8. The van der Waals surface area contributed by atoms with Crippen LogP contribution in [-0.4, -0.2) is 86.3 Å². The summed E-state index contributed by atoms with van der Waals surface area (Å²) in [7, 11) is -2.98. The minimum atomic E-state index is -2.98. The molecule has 4 rings (SSSR count). The van der Waals surface area contributed by atoms with Crippen molar-refractivity contribution >= 4 is 15.7 Å². The molecule has 6 nitrogen and oxygen atoms in total. The molecule has 3 aliphatic heterocycles. The predicted octanol–water partition coefficient (Wildman–Crippen LogP) is 2.57. The van der Waals surface area contributed by atoms with E-state index >= 15 is 0 Å². The Balaban J connectivity index is 1.38. The van der Waals surface area contributed by atoms with Crippen LogP contribution in [0.3, 0.4) is 0 Å². The summed E-state index contributed by atoms with van der Waals surface area (Å²) in [5, 5.41) is 0. The van der Waals surface area contributed by atoms with Gasteiger partial charge in [0.05, 0.1) is 11.5 Å². The number of benzene rings is 1. The van der Waals surface area contributed by atoms with E-state index in [1.165, 1.54) is 45.3 Å². The summed E-state index contributed by atoms with van der Waals surface area (Å²) in [6.07, 6.45) is 7.50. The molecule has 0 aromatic heterocycles. The van der Waals surface area contributed by atoms with Crippen LogP contribution in [0.15, 0.2) is 30.3 Å². The summed E-state index contributed by atoms with van der Waals surface area (Å²) in [5.74, 6) is 1.10. The average Bonchev–Trinajstić information content (AvgIpc) is 3.05. The van der Waals surface area contributed by atoms with Crippen molar-refractivity contribution < 1.29 is 13.2 Å². The van der Waals surface area contributed by atoms with Crippen molar-refractivity contribution in [2.75, 3.05) is 57.3 Å². The fourth-order valence-electron chi connectivity index (χ4n) is 5.32. The van der Waals surface area contributed by atoms with Crippen LogP contribution >= 0.6 is 0 Å². The quantitative estimate of drug-likeness (QED) is 0.694. The summed E-state index contributed by atoms with van der Waals surface area (Å²) in [6, 6.07) is 9.50. The molecule has 1 amide bonds. The Morgan fingerprint density at radius 1 is 0.871 bits per heavy atom. The van der Waals surface area contributed by atoms with E-state index in [1.807, 2.05) is 35.2 Å². The molecule has 0 radical (unpaired) electrons. The van der Waals surface area contributed by atoms with E-state index in [9.17, 15) is 13.2 Å². The van der Waals surface area contributed by atoms with Gasteiger partial charge in [0.1, 0.15) is 6.04 Å². The van der Waals surface area contributed by atoms with Gasteiger partial charge in [-0.1, -0.05) is 43.2 Å². The van der Waals surface area contributed by atoms with Crippen LogP contribution in [-0.2, 0) is 14.6 Å². The van der Waals surface area contributed by atoms with Gasteiger partial charge in [0.2, 0.25) is 5.91 Å². The standard InChI is InChI=1S/C24H37N3O3S/c28-24(27-14-10-21(11-15-27)20-25-12-6-1-2-7-13-25)23(22-8-4-3-5-9-22)26-16-18-31(29,30)19-17-26/h3-5,8-9,21,23H,1-2,6-7,10-20H2. The van der Waals surface area contributed by atoms with Gasteiger partial charge >= 0.3 is 0 Å². The van der Waals surface area contributed by atoms with E-state index in [4.69, 9.17) is 0 Å². The van der Waals surface area contributed by atoms with E-state index in [0.29, 0.717) is 19.0 Å². The summed E-state index contributed by atoms with van der Waals surface area (Å²) in [6.45, 7) is 6.12. The van der Waals surface area contributed by atoms with Crippen LogP contribution < -0.4 is 0 Å². The molecule has 1 aromatic rings. The van der Waals surface area contributed by atoms with Gasteiger partial charge in [-0.2, -0.15) is 0 Å². The fourth-order valence-corrected chi connectivity index (χ4v) is 6.55. The molecule has 3 fully saturated rings. The Bertz CT molecular complexity index is 800. The van der Waals surface area contributed by atoms with Crippen molar-refractivity contribution in [3.8, 4) is 0 Å². The number of carbonyl (C=O) groups excluding carboxylic acids is 1. The smallest absolute Gasteiger partial charge is 0.244 e. The van der Waals surface area contributed by atoms with Gasteiger partial charge in [0, 0.05) is 32.7 Å². The highest BCUT2D eigenvalue weighted by Gasteiger charge is 2.36. The van der Waals surface area contributed by atoms with Gasteiger partial charge in [-0.25, -0.2) is 8.42 Å². The number of rotatable bonds is 5. The minimum absolute atomic E-state index is 0.138. The summed E-state index contributed by atoms with van der Waals surface area (Å²) < 4.78 is 23.8. The zero-order chi connectivity index (χ0) is 21.7. The first-order valence-electron chi connectivity index (χ1n) is 12.0. The van der Waals surface area contributed by atoms with E-state index < -0.39 is 9.84 Å². The third-order valence-corrected chi connectivity index (χ3v) is 8.84. The van der Waals surface area contributed by atoms with Crippen molar-refractivity contribution in [3.63, 3.8) is 0 Å². The van der Waals surface area contributed by atoms with E-state index in [0.717, 1.165) is 31.5 Å². The highest BCUT2D eigenvalue weighted by atomic mass is 32.2. The minimum Gasteiger partial charge on any atom is -0.341 e. The maximum absolute atomic E-state index is 13.6. The Kier molecular flexibility index (Phi) is 7.67. The second-order valence-electron chi connectivity index (χ2n) is 9.48. The first kappa shape index (κ1) is 22.7. The maximum atomic E-state index is 13.6. The highest BCUT2D eigenvalue weighted by Crippen LogP contribution is 2.28. The SMILES string of the molecule is O=C(C(c1ccccc1)N1CCS(=O)(=O)CC1)N1CCC(CN2CCCCCC2)CC1. The molecule has 0 N–H and O–H groups in total. The molecule has 31 heavy (non-hydrogen) atoms. The molecule has 1 atom stereocenters. The monoisotopic (exact) mass is 447 g/mol. The van der Waals surface area contributed by atoms with Crippen molar-refractivity contribution in [1.82, 2.24) is 14.7 Å². The van der Waals surface area contributed by atoms with E-state index in [2.05, 4.69) is 9.80 Å². The number of hydrogen-bond donors (Lipinski definition) is 0. The van der Waals surface area contributed by atoms with Gasteiger partial charge in [-0.3, -0.25) is 9.69 Å². The van der Waals surface area contributed by atoms with Crippen molar-refractivity contribution in [2.24, 2.45) is 5.92 Å². The van der Waals surface area contributed by atoms with Gasteiger partial charge in [0.15, 0.2) is 9.84 Å². The molecule has 172 valence electrons. The molecule has 0 spiro atoms. The average molecular weight is 448 g/mol. The second kappa shape index (κ2) is 10.5. The van der Waals surface area contributed by atoms with Crippen molar-refractivity contribution in [1.29, 1.82) is 0 Å². The van der Waals surface area contributed by atoms with Crippen LogP contribution in [0.25, 0.3) is 0 Å². The molecule has 3 aliphatic rings. The molecule has 1 aromatic carbocycles. The van der Waals surface area contributed by atoms with Crippen molar-refractivity contribution in [2.45, 2.75) is 44.6 Å². The first-order chi connectivity index (χ1) is 15.0. The Morgan fingerprint density at radius 3 is 2.10 bits per heavy atom. The largest absolute Gasteiger partial charge is 0.341 e. The Morgan fingerprint density at radius 2 is 1.48 bits per heavy atom. The molecular weight excluding hydrogens is 410 g/mol. The zero-order valence-corrected chi connectivity index (χ0v) is 19.4. The third kappa shape index (κ3) is 6.08. The number of amides is 1. The molecule has 0 saturated carbocycles. The fraction of sp³-hybridized carbons (Fsp3) is 0.708. The molecule has 0 bridgehead atoms. The lowest BCUT2D eigenvalue weighted by Crippen LogP contribution is -2.50. The number of nitrogens with zero attached hydrogens (tertiary/aromatic N) is 3. The van der Waals surface area contributed by atoms with Crippen LogP contribution in [0, 0.1) is 5.92 Å². The van der Waals surface area contributed by atoms with Gasteiger partial charge in [-0.15, -0.1) is 0 Å². The number of carbonyl (C=O) groups is 1. The normalized spacial score (nSPS) is 25.1. The van der Waals surface area contributed by atoms with Gasteiger partial charge in [0.25, 0.3) is 0 Å². The zero-order valence-electron chi connectivity index (χ0n) is 18.6. The molecule has 3 saturated heterocycles. The number of piperidine rings is 1. The third-order valence-electron chi connectivity index (χ3n) is 7.23. The first-order valence-corrected chi connectivity index (χ1v) is 13.8. The summed E-state index contributed by atoms with van der Waals surface area (Å²) in [5.41, 5.74) is 0.971. The Hall–Kier alpha value is -1.44. The molecule has 3 heterocycles. The van der Waals surface area contributed by atoms with Crippen LogP contribution in [0.5, 0.6) is 0 Å². The molecular formula is C24H37N3O3S. The maximum Gasteiger partial charge on any atom is 0.244 e. The number of sulfone groups is 1. The number of hydrogen-bond acceptors (Lipinski definition) is 5. The molecule has 1 unspecified atom stereocenters.